The molecular formula is C13H19FN2O. The van der Waals surface area contributed by atoms with E-state index in [9.17, 15) is 9.18 Å². The summed E-state index contributed by atoms with van der Waals surface area (Å²) in [4.78, 5) is 11.4. The van der Waals surface area contributed by atoms with E-state index in [2.05, 4.69) is 10.6 Å². The molecule has 1 aromatic carbocycles. The van der Waals surface area contributed by atoms with Gasteiger partial charge in [-0.05, 0) is 44.9 Å². The Kier molecular flexibility index (Phi) is 4.94. The average molecular weight is 238 g/mol. The first-order valence-corrected chi connectivity index (χ1v) is 5.79. The Morgan fingerprint density at radius 3 is 2.29 bits per heavy atom. The molecule has 1 atom stereocenters. The number of amides is 2. The maximum Gasteiger partial charge on any atom is 0.315 e. The van der Waals surface area contributed by atoms with E-state index in [4.69, 9.17) is 0 Å². The number of benzene rings is 1. The van der Waals surface area contributed by atoms with Gasteiger partial charge in [0.15, 0.2) is 0 Å². The lowest BCUT2D eigenvalue weighted by Crippen LogP contribution is -2.44. The third-order valence-corrected chi connectivity index (χ3v) is 2.25. The molecule has 0 heterocycles. The Hall–Kier alpha value is -1.58. The van der Waals surface area contributed by atoms with Gasteiger partial charge >= 0.3 is 6.03 Å². The van der Waals surface area contributed by atoms with Crippen molar-refractivity contribution in [1.82, 2.24) is 10.6 Å². The van der Waals surface area contributed by atoms with Crippen LogP contribution in [0.15, 0.2) is 24.3 Å². The fourth-order valence-electron chi connectivity index (χ4n) is 1.55. The molecule has 4 heteroatoms. The lowest BCUT2D eigenvalue weighted by molar-refractivity contribution is 0.235. The summed E-state index contributed by atoms with van der Waals surface area (Å²) in [5, 5.41) is 5.59. The lowest BCUT2D eigenvalue weighted by Gasteiger charge is -2.16. The molecule has 2 N–H and O–H groups in total. The summed E-state index contributed by atoms with van der Waals surface area (Å²) in [5.41, 5.74) is 1.00. The number of urea groups is 1. The summed E-state index contributed by atoms with van der Waals surface area (Å²) in [6.07, 6.45) is 0.686. The zero-order valence-corrected chi connectivity index (χ0v) is 10.5. The zero-order chi connectivity index (χ0) is 12.8. The van der Waals surface area contributed by atoms with Crippen molar-refractivity contribution in [2.45, 2.75) is 39.3 Å². The van der Waals surface area contributed by atoms with Gasteiger partial charge in [0.2, 0.25) is 0 Å². The van der Waals surface area contributed by atoms with Crippen LogP contribution in [0.5, 0.6) is 0 Å². The minimum Gasteiger partial charge on any atom is -0.336 e. The van der Waals surface area contributed by atoms with Crippen LogP contribution in [-0.4, -0.2) is 18.1 Å². The van der Waals surface area contributed by atoms with Crippen molar-refractivity contribution in [3.63, 3.8) is 0 Å². The molecule has 0 radical (unpaired) electrons. The fraction of sp³-hybridized carbons (Fsp3) is 0.462. The van der Waals surface area contributed by atoms with Crippen LogP contribution in [0.2, 0.25) is 0 Å². The maximum absolute atomic E-state index is 12.7. The van der Waals surface area contributed by atoms with Gasteiger partial charge in [0.05, 0.1) is 0 Å². The van der Waals surface area contributed by atoms with Gasteiger partial charge in [0.25, 0.3) is 0 Å². The number of hydrogen-bond donors (Lipinski definition) is 2. The Morgan fingerprint density at radius 1 is 1.18 bits per heavy atom. The monoisotopic (exact) mass is 238 g/mol. The molecule has 1 unspecified atom stereocenters. The van der Waals surface area contributed by atoms with Crippen molar-refractivity contribution in [2.24, 2.45) is 0 Å². The van der Waals surface area contributed by atoms with Crippen molar-refractivity contribution in [3.05, 3.63) is 35.6 Å². The van der Waals surface area contributed by atoms with Crippen molar-refractivity contribution in [3.8, 4) is 0 Å². The highest BCUT2D eigenvalue weighted by Crippen LogP contribution is 2.05. The van der Waals surface area contributed by atoms with Gasteiger partial charge in [0.1, 0.15) is 5.82 Å². The second-order valence-electron chi connectivity index (χ2n) is 4.50. The highest BCUT2D eigenvalue weighted by atomic mass is 19.1. The third kappa shape index (κ3) is 5.33. The predicted molar refractivity (Wildman–Crippen MR) is 66.4 cm³/mol. The Balaban J connectivity index is 2.41. The molecule has 94 valence electrons. The van der Waals surface area contributed by atoms with Crippen LogP contribution in [0.1, 0.15) is 26.3 Å². The van der Waals surface area contributed by atoms with Crippen LogP contribution in [0.4, 0.5) is 9.18 Å². The van der Waals surface area contributed by atoms with Crippen LogP contribution < -0.4 is 10.6 Å². The van der Waals surface area contributed by atoms with Gasteiger partial charge in [0, 0.05) is 12.1 Å². The molecule has 0 saturated carbocycles. The van der Waals surface area contributed by atoms with Crippen LogP contribution in [0.3, 0.4) is 0 Å². The van der Waals surface area contributed by atoms with E-state index in [0.29, 0.717) is 6.42 Å². The molecule has 1 aromatic rings. The fourth-order valence-corrected chi connectivity index (χ4v) is 1.55. The number of carbonyl (C=O) groups excluding carboxylic acids is 1. The summed E-state index contributed by atoms with van der Waals surface area (Å²) in [6.45, 7) is 5.73. The normalized spacial score (nSPS) is 12.3. The number of carbonyl (C=O) groups is 1. The van der Waals surface area contributed by atoms with Gasteiger partial charge in [-0.25, -0.2) is 9.18 Å². The third-order valence-electron chi connectivity index (χ3n) is 2.25. The molecule has 0 aliphatic rings. The molecule has 0 saturated heterocycles. The van der Waals surface area contributed by atoms with Gasteiger partial charge in [-0.2, -0.15) is 0 Å². The van der Waals surface area contributed by atoms with E-state index in [0.717, 1.165) is 5.56 Å². The standard InChI is InChI=1S/C13H19FN2O/c1-9(2)15-13(17)16-10(3)8-11-4-6-12(14)7-5-11/h4-7,9-10H,8H2,1-3H3,(H2,15,16,17). The van der Waals surface area contributed by atoms with Gasteiger partial charge < -0.3 is 10.6 Å². The summed E-state index contributed by atoms with van der Waals surface area (Å²) in [7, 11) is 0. The molecule has 17 heavy (non-hydrogen) atoms. The van der Waals surface area contributed by atoms with Crippen molar-refractivity contribution < 1.29 is 9.18 Å². The zero-order valence-electron chi connectivity index (χ0n) is 10.5. The Labute approximate surface area is 101 Å². The SMILES string of the molecule is CC(C)NC(=O)NC(C)Cc1ccc(F)cc1. The molecule has 0 aliphatic carbocycles. The first-order valence-electron chi connectivity index (χ1n) is 5.79. The summed E-state index contributed by atoms with van der Waals surface area (Å²) < 4.78 is 12.7. The first-order chi connectivity index (χ1) is 7.97. The van der Waals surface area contributed by atoms with Crippen LogP contribution in [0.25, 0.3) is 0 Å². The second-order valence-corrected chi connectivity index (χ2v) is 4.50. The number of hydrogen-bond acceptors (Lipinski definition) is 1. The highest BCUT2D eigenvalue weighted by Gasteiger charge is 2.08. The van der Waals surface area contributed by atoms with Crippen molar-refractivity contribution in [2.75, 3.05) is 0 Å². The van der Waals surface area contributed by atoms with Gasteiger partial charge in [-0.15, -0.1) is 0 Å². The molecule has 0 fully saturated rings. The number of nitrogens with one attached hydrogen (secondary N) is 2. The Morgan fingerprint density at radius 2 is 1.76 bits per heavy atom. The molecule has 0 aromatic heterocycles. The van der Waals surface area contributed by atoms with Crippen molar-refractivity contribution in [1.29, 1.82) is 0 Å². The second kappa shape index (κ2) is 6.23. The molecule has 0 spiro atoms. The molecular weight excluding hydrogens is 219 g/mol. The maximum atomic E-state index is 12.7. The summed E-state index contributed by atoms with van der Waals surface area (Å²) in [5.74, 6) is -0.244. The Bertz CT molecular complexity index is 362. The lowest BCUT2D eigenvalue weighted by atomic mass is 10.1. The van der Waals surface area contributed by atoms with E-state index in [1.807, 2.05) is 20.8 Å². The number of halogens is 1. The summed E-state index contributed by atoms with van der Waals surface area (Å²) in [6, 6.07) is 6.27. The van der Waals surface area contributed by atoms with E-state index < -0.39 is 0 Å². The van der Waals surface area contributed by atoms with Crippen LogP contribution in [0, 0.1) is 5.82 Å². The molecule has 0 aliphatic heterocycles. The molecule has 3 nitrogen and oxygen atoms in total. The van der Waals surface area contributed by atoms with E-state index in [-0.39, 0.29) is 23.9 Å². The largest absolute Gasteiger partial charge is 0.336 e. The number of rotatable bonds is 4. The molecule has 1 rings (SSSR count). The predicted octanol–water partition coefficient (Wildman–Crippen LogP) is 2.46. The van der Waals surface area contributed by atoms with E-state index in [1.165, 1.54) is 12.1 Å². The minimum absolute atomic E-state index is 0.0132. The highest BCUT2D eigenvalue weighted by molar-refractivity contribution is 5.74. The average Bonchev–Trinajstić information content (AvgIpc) is 2.19. The summed E-state index contributed by atoms with van der Waals surface area (Å²) >= 11 is 0. The topological polar surface area (TPSA) is 41.1 Å². The van der Waals surface area contributed by atoms with Gasteiger partial charge in [-0.3, -0.25) is 0 Å². The first kappa shape index (κ1) is 13.5. The van der Waals surface area contributed by atoms with E-state index in [1.54, 1.807) is 12.1 Å². The van der Waals surface area contributed by atoms with Gasteiger partial charge in [-0.1, -0.05) is 12.1 Å². The van der Waals surface area contributed by atoms with Crippen LogP contribution >= 0.6 is 0 Å². The smallest absolute Gasteiger partial charge is 0.315 e. The van der Waals surface area contributed by atoms with Crippen LogP contribution in [-0.2, 0) is 6.42 Å². The minimum atomic E-state index is -0.244. The quantitative estimate of drug-likeness (QED) is 0.831. The van der Waals surface area contributed by atoms with E-state index >= 15 is 0 Å². The van der Waals surface area contributed by atoms with Crippen molar-refractivity contribution >= 4 is 6.03 Å². The molecule has 2 amide bonds. The molecule has 0 bridgehead atoms.